The molecule has 98 valence electrons. The van der Waals surface area contributed by atoms with Gasteiger partial charge in [-0.2, -0.15) is 0 Å². The lowest BCUT2D eigenvalue weighted by Gasteiger charge is -2.09. The minimum atomic E-state index is -0.277. The van der Waals surface area contributed by atoms with Crippen LogP contribution in [0, 0.1) is 5.92 Å². The Morgan fingerprint density at radius 3 is 2.61 bits per heavy atom. The molecule has 0 atom stereocenters. The Labute approximate surface area is 111 Å². The fraction of sp³-hybridized carbons (Fsp3) is 0.417. The minimum Gasteiger partial charge on any atom is -0.354 e. The molecule has 5 nitrogen and oxygen atoms in total. The van der Waals surface area contributed by atoms with E-state index in [-0.39, 0.29) is 17.7 Å². The van der Waals surface area contributed by atoms with Gasteiger partial charge in [-0.05, 0) is 6.07 Å². The zero-order chi connectivity index (χ0) is 13.5. The van der Waals surface area contributed by atoms with Crippen molar-refractivity contribution < 1.29 is 9.59 Å². The molecular formula is C12H16ClN3O2. The first-order valence-corrected chi connectivity index (χ1v) is 6.05. The second-order valence-corrected chi connectivity index (χ2v) is 4.46. The quantitative estimate of drug-likeness (QED) is 0.790. The Morgan fingerprint density at radius 1 is 1.33 bits per heavy atom. The van der Waals surface area contributed by atoms with Gasteiger partial charge in [0, 0.05) is 31.4 Å². The van der Waals surface area contributed by atoms with Gasteiger partial charge in [0.1, 0.15) is 0 Å². The topological polar surface area (TPSA) is 71.1 Å². The number of amides is 2. The van der Waals surface area contributed by atoms with E-state index in [1.54, 1.807) is 6.07 Å². The summed E-state index contributed by atoms with van der Waals surface area (Å²) in [5, 5.41) is 5.68. The summed E-state index contributed by atoms with van der Waals surface area (Å²) >= 11 is 5.83. The Hall–Kier alpha value is -1.62. The van der Waals surface area contributed by atoms with E-state index < -0.39 is 0 Å². The molecule has 0 saturated carbocycles. The highest BCUT2D eigenvalue weighted by molar-refractivity contribution is 6.33. The van der Waals surface area contributed by atoms with Crippen molar-refractivity contribution in [1.29, 1.82) is 0 Å². The predicted molar refractivity (Wildman–Crippen MR) is 69.4 cm³/mol. The fourth-order valence-corrected chi connectivity index (χ4v) is 1.43. The van der Waals surface area contributed by atoms with Crippen LogP contribution in [0.15, 0.2) is 18.5 Å². The molecule has 0 bridgehead atoms. The van der Waals surface area contributed by atoms with Gasteiger partial charge < -0.3 is 10.6 Å². The van der Waals surface area contributed by atoms with E-state index in [9.17, 15) is 9.59 Å². The number of nitrogens with zero attached hydrogens (tertiary/aromatic N) is 1. The Balaban J connectivity index is 2.35. The van der Waals surface area contributed by atoms with Crippen LogP contribution < -0.4 is 10.6 Å². The van der Waals surface area contributed by atoms with Gasteiger partial charge in [-0.25, -0.2) is 0 Å². The maximum Gasteiger partial charge on any atom is 0.252 e. The van der Waals surface area contributed by atoms with E-state index >= 15 is 0 Å². The zero-order valence-electron chi connectivity index (χ0n) is 10.4. The summed E-state index contributed by atoms with van der Waals surface area (Å²) < 4.78 is 0. The van der Waals surface area contributed by atoms with Crippen molar-refractivity contribution in [3.05, 3.63) is 29.0 Å². The Morgan fingerprint density at radius 2 is 2.00 bits per heavy atom. The Bertz CT molecular complexity index is 435. The van der Waals surface area contributed by atoms with E-state index in [2.05, 4.69) is 15.6 Å². The van der Waals surface area contributed by atoms with Crippen LogP contribution >= 0.6 is 11.6 Å². The van der Waals surface area contributed by atoms with Gasteiger partial charge in [0.25, 0.3) is 5.91 Å². The average Bonchev–Trinajstić information content (AvgIpc) is 2.34. The SMILES string of the molecule is CC(C)C(=O)NCCNC(=O)c1ccncc1Cl. The highest BCUT2D eigenvalue weighted by Crippen LogP contribution is 2.12. The van der Waals surface area contributed by atoms with Crippen molar-refractivity contribution in [2.24, 2.45) is 5.92 Å². The van der Waals surface area contributed by atoms with Crippen LogP contribution in [-0.2, 0) is 4.79 Å². The normalized spacial score (nSPS) is 10.2. The van der Waals surface area contributed by atoms with Crippen LogP contribution in [0.25, 0.3) is 0 Å². The maximum atomic E-state index is 11.7. The third kappa shape index (κ3) is 4.33. The van der Waals surface area contributed by atoms with Crippen molar-refractivity contribution in [3.63, 3.8) is 0 Å². The maximum absolute atomic E-state index is 11.7. The molecule has 6 heteroatoms. The molecule has 0 radical (unpaired) electrons. The first-order valence-electron chi connectivity index (χ1n) is 5.67. The number of carbonyl (C=O) groups excluding carboxylic acids is 2. The molecule has 1 aromatic rings. The summed E-state index contributed by atoms with van der Waals surface area (Å²) in [6, 6.07) is 1.55. The monoisotopic (exact) mass is 269 g/mol. The summed E-state index contributed by atoms with van der Waals surface area (Å²) in [4.78, 5) is 26.8. The van der Waals surface area contributed by atoms with Gasteiger partial charge in [0.05, 0.1) is 10.6 Å². The van der Waals surface area contributed by atoms with Crippen LogP contribution in [0.1, 0.15) is 24.2 Å². The molecule has 0 aliphatic rings. The molecular weight excluding hydrogens is 254 g/mol. The lowest BCUT2D eigenvalue weighted by Crippen LogP contribution is -2.36. The molecule has 0 saturated heterocycles. The third-order valence-corrected chi connectivity index (χ3v) is 2.55. The number of pyridine rings is 1. The second-order valence-electron chi connectivity index (χ2n) is 4.06. The number of carbonyl (C=O) groups is 2. The largest absolute Gasteiger partial charge is 0.354 e. The van der Waals surface area contributed by atoms with Gasteiger partial charge in [0.15, 0.2) is 0 Å². The van der Waals surface area contributed by atoms with Crippen LogP contribution in [0.4, 0.5) is 0 Å². The van der Waals surface area contributed by atoms with E-state index in [0.29, 0.717) is 23.7 Å². The first-order chi connectivity index (χ1) is 8.52. The van der Waals surface area contributed by atoms with Crippen molar-refractivity contribution in [3.8, 4) is 0 Å². The molecule has 0 unspecified atom stereocenters. The number of nitrogens with one attached hydrogen (secondary N) is 2. The zero-order valence-corrected chi connectivity index (χ0v) is 11.1. The van der Waals surface area contributed by atoms with Crippen LogP contribution in [0.3, 0.4) is 0 Å². The summed E-state index contributed by atoms with van der Waals surface area (Å²) in [6.07, 6.45) is 2.92. The second kappa shape index (κ2) is 6.96. The fourth-order valence-electron chi connectivity index (χ4n) is 1.22. The van der Waals surface area contributed by atoms with Crippen molar-refractivity contribution in [2.45, 2.75) is 13.8 Å². The molecule has 18 heavy (non-hydrogen) atoms. The molecule has 2 amide bonds. The van der Waals surface area contributed by atoms with Crippen LogP contribution in [0.2, 0.25) is 5.02 Å². The summed E-state index contributed by atoms with van der Waals surface area (Å²) in [6.45, 7) is 4.37. The molecule has 0 aliphatic heterocycles. The van der Waals surface area contributed by atoms with Gasteiger partial charge in [0.2, 0.25) is 5.91 Å². The molecule has 0 aromatic carbocycles. The molecule has 0 aliphatic carbocycles. The number of halogens is 1. The van der Waals surface area contributed by atoms with Crippen LogP contribution in [-0.4, -0.2) is 29.9 Å². The molecule has 1 aromatic heterocycles. The lowest BCUT2D eigenvalue weighted by atomic mass is 10.2. The molecule has 1 heterocycles. The number of aromatic nitrogens is 1. The number of hydrogen-bond donors (Lipinski definition) is 2. The Kier molecular flexibility index (Phi) is 5.58. The summed E-state index contributed by atoms with van der Waals surface area (Å²) in [5.74, 6) is -0.372. The van der Waals surface area contributed by atoms with Crippen molar-refractivity contribution in [2.75, 3.05) is 13.1 Å². The predicted octanol–water partition coefficient (Wildman–Crippen LogP) is 1.24. The average molecular weight is 270 g/mol. The van der Waals surface area contributed by atoms with E-state index in [1.807, 2.05) is 13.8 Å². The van der Waals surface area contributed by atoms with E-state index in [0.717, 1.165) is 0 Å². The lowest BCUT2D eigenvalue weighted by molar-refractivity contribution is -0.123. The van der Waals surface area contributed by atoms with Gasteiger partial charge in [-0.1, -0.05) is 25.4 Å². The van der Waals surface area contributed by atoms with E-state index in [4.69, 9.17) is 11.6 Å². The third-order valence-electron chi connectivity index (χ3n) is 2.25. The van der Waals surface area contributed by atoms with Gasteiger partial charge >= 0.3 is 0 Å². The van der Waals surface area contributed by atoms with Crippen molar-refractivity contribution >= 4 is 23.4 Å². The summed E-state index contributed by atoms with van der Waals surface area (Å²) in [5.41, 5.74) is 0.377. The highest BCUT2D eigenvalue weighted by atomic mass is 35.5. The highest BCUT2D eigenvalue weighted by Gasteiger charge is 2.09. The molecule has 0 fully saturated rings. The molecule has 2 N–H and O–H groups in total. The molecule has 1 rings (SSSR count). The smallest absolute Gasteiger partial charge is 0.252 e. The molecule has 0 spiro atoms. The van der Waals surface area contributed by atoms with Gasteiger partial charge in [-0.3, -0.25) is 14.6 Å². The minimum absolute atomic E-state index is 0.0359. The van der Waals surface area contributed by atoms with Crippen LogP contribution in [0.5, 0.6) is 0 Å². The standard InChI is InChI=1S/C12H16ClN3O2/c1-8(2)11(17)15-5-6-16-12(18)9-3-4-14-7-10(9)13/h3-4,7-8H,5-6H2,1-2H3,(H,15,17)(H,16,18). The number of hydrogen-bond acceptors (Lipinski definition) is 3. The van der Waals surface area contributed by atoms with Crippen molar-refractivity contribution in [1.82, 2.24) is 15.6 Å². The number of rotatable bonds is 5. The first kappa shape index (κ1) is 14.4. The summed E-state index contributed by atoms with van der Waals surface area (Å²) in [7, 11) is 0. The van der Waals surface area contributed by atoms with Gasteiger partial charge in [-0.15, -0.1) is 0 Å². The van der Waals surface area contributed by atoms with E-state index in [1.165, 1.54) is 12.4 Å².